The van der Waals surface area contributed by atoms with Crippen molar-refractivity contribution in [3.8, 4) is 17.0 Å². The van der Waals surface area contributed by atoms with Crippen molar-refractivity contribution in [2.75, 3.05) is 45.1 Å². The predicted molar refractivity (Wildman–Crippen MR) is 114 cm³/mol. The number of benzene rings is 1. The zero-order valence-corrected chi connectivity index (χ0v) is 16.8. The van der Waals surface area contributed by atoms with Gasteiger partial charge >= 0.3 is 0 Å². The Bertz CT molecular complexity index is 943. The van der Waals surface area contributed by atoms with Crippen LogP contribution in [0.2, 0.25) is 0 Å². The number of hydrogen-bond donors (Lipinski definition) is 1. The summed E-state index contributed by atoms with van der Waals surface area (Å²) in [6, 6.07) is 12.0. The first-order valence-electron chi connectivity index (χ1n) is 10.1. The molecule has 6 heteroatoms. The predicted octanol–water partition coefficient (Wildman–Crippen LogP) is 3.12. The Morgan fingerprint density at radius 3 is 2.50 bits per heavy atom. The molecule has 6 nitrogen and oxygen atoms in total. The van der Waals surface area contributed by atoms with Crippen molar-refractivity contribution in [1.29, 1.82) is 0 Å². The van der Waals surface area contributed by atoms with E-state index in [0.29, 0.717) is 6.61 Å². The molecule has 0 saturated carbocycles. The van der Waals surface area contributed by atoms with Gasteiger partial charge < -0.3 is 19.8 Å². The molecule has 0 spiro atoms. The summed E-state index contributed by atoms with van der Waals surface area (Å²) in [5.74, 6) is 0.874. The van der Waals surface area contributed by atoms with Crippen molar-refractivity contribution in [3.63, 3.8) is 0 Å². The van der Waals surface area contributed by atoms with Gasteiger partial charge in [0.15, 0.2) is 0 Å². The molecular formula is C22H29N5O. The van der Waals surface area contributed by atoms with Crippen molar-refractivity contribution in [2.24, 2.45) is 0 Å². The summed E-state index contributed by atoms with van der Waals surface area (Å²) in [7, 11) is 0. The molecule has 1 aliphatic heterocycles. The first-order valence-corrected chi connectivity index (χ1v) is 10.1. The normalized spacial score (nSPS) is 15.9. The van der Waals surface area contributed by atoms with E-state index in [-0.39, 0.29) is 0 Å². The van der Waals surface area contributed by atoms with E-state index in [4.69, 9.17) is 15.5 Å². The largest absolute Gasteiger partial charge is 0.493 e. The maximum atomic E-state index is 6.09. The average molecular weight is 380 g/mol. The van der Waals surface area contributed by atoms with Crippen LogP contribution in [0.4, 0.5) is 5.69 Å². The van der Waals surface area contributed by atoms with Crippen LogP contribution < -0.4 is 10.5 Å². The number of para-hydroxylation sites is 1. The van der Waals surface area contributed by atoms with Gasteiger partial charge in [0.25, 0.3) is 0 Å². The van der Waals surface area contributed by atoms with E-state index in [1.54, 1.807) is 0 Å². The highest BCUT2D eigenvalue weighted by atomic mass is 16.5. The number of nitrogen functional groups attached to an aromatic ring is 1. The van der Waals surface area contributed by atoms with E-state index in [0.717, 1.165) is 67.6 Å². The molecular weight excluding hydrogens is 350 g/mol. The number of imidazole rings is 1. The number of anilines is 1. The third-order valence-electron chi connectivity index (χ3n) is 5.47. The first-order chi connectivity index (χ1) is 13.7. The maximum Gasteiger partial charge on any atom is 0.137 e. The standard InChI is InChI=1S/C22H29N5O/c1-3-25-11-13-26(14-12-25)16-19-22(18-7-5-6-8-20(18)28-4-2)24-21-10-9-17(23)15-27(19)21/h5-10,15H,3-4,11-14,16,23H2,1-2H3. The summed E-state index contributed by atoms with van der Waals surface area (Å²) in [6.07, 6.45) is 1.98. The third kappa shape index (κ3) is 3.70. The molecule has 1 aliphatic rings. The Balaban J connectivity index is 1.76. The van der Waals surface area contributed by atoms with Gasteiger partial charge in [0, 0.05) is 50.2 Å². The lowest BCUT2D eigenvalue weighted by atomic mass is 10.1. The molecule has 0 atom stereocenters. The molecule has 1 saturated heterocycles. The highest BCUT2D eigenvalue weighted by Crippen LogP contribution is 2.33. The molecule has 148 valence electrons. The summed E-state index contributed by atoms with van der Waals surface area (Å²) in [5, 5.41) is 0. The zero-order chi connectivity index (χ0) is 19.5. The van der Waals surface area contributed by atoms with Crippen LogP contribution in [0.5, 0.6) is 5.75 Å². The quantitative estimate of drug-likeness (QED) is 0.713. The summed E-state index contributed by atoms with van der Waals surface area (Å²) in [5.41, 5.74) is 10.9. The number of pyridine rings is 1. The fourth-order valence-electron chi connectivity index (χ4n) is 3.90. The van der Waals surface area contributed by atoms with Crippen LogP contribution in [0, 0.1) is 0 Å². The topological polar surface area (TPSA) is 59.0 Å². The van der Waals surface area contributed by atoms with Gasteiger partial charge in [-0.25, -0.2) is 4.98 Å². The van der Waals surface area contributed by atoms with Gasteiger partial charge in [-0.15, -0.1) is 0 Å². The Kier molecular flexibility index (Phi) is 5.50. The molecule has 1 fully saturated rings. The molecule has 3 heterocycles. The van der Waals surface area contributed by atoms with Crippen LogP contribution in [0.3, 0.4) is 0 Å². The van der Waals surface area contributed by atoms with Gasteiger partial charge in [0.2, 0.25) is 0 Å². The van der Waals surface area contributed by atoms with Crippen molar-refractivity contribution < 1.29 is 4.74 Å². The summed E-state index contributed by atoms with van der Waals surface area (Å²) in [4.78, 5) is 9.95. The minimum atomic E-state index is 0.631. The molecule has 0 radical (unpaired) electrons. The Morgan fingerprint density at radius 1 is 1.00 bits per heavy atom. The fourth-order valence-corrected chi connectivity index (χ4v) is 3.90. The molecule has 1 aromatic carbocycles. The fraction of sp³-hybridized carbons (Fsp3) is 0.409. The second-order valence-electron chi connectivity index (χ2n) is 7.24. The summed E-state index contributed by atoms with van der Waals surface area (Å²) in [6.45, 7) is 11.2. The second kappa shape index (κ2) is 8.20. The zero-order valence-electron chi connectivity index (χ0n) is 16.8. The molecule has 0 bridgehead atoms. The molecule has 4 rings (SSSR count). The van der Waals surface area contributed by atoms with E-state index in [1.165, 1.54) is 5.69 Å². The molecule has 2 aromatic heterocycles. The Labute approximate surface area is 166 Å². The van der Waals surface area contributed by atoms with Crippen LogP contribution in [0.1, 0.15) is 19.5 Å². The summed E-state index contributed by atoms with van der Waals surface area (Å²) < 4.78 is 8.03. The molecule has 0 amide bonds. The Hall–Kier alpha value is -2.57. The van der Waals surface area contributed by atoms with E-state index in [9.17, 15) is 0 Å². The molecule has 0 aliphatic carbocycles. The van der Waals surface area contributed by atoms with Crippen molar-refractivity contribution in [2.45, 2.75) is 20.4 Å². The SMILES string of the molecule is CCOc1ccccc1-c1nc2ccc(N)cn2c1CN1CCN(CC)CC1. The van der Waals surface area contributed by atoms with E-state index in [1.807, 2.05) is 43.5 Å². The highest BCUT2D eigenvalue weighted by Gasteiger charge is 2.22. The lowest BCUT2D eigenvalue weighted by molar-refractivity contribution is 0.131. The number of rotatable bonds is 6. The minimum absolute atomic E-state index is 0.631. The Morgan fingerprint density at radius 2 is 1.75 bits per heavy atom. The lowest BCUT2D eigenvalue weighted by Crippen LogP contribution is -2.45. The number of fused-ring (bicyclic) bond motifs is 1. The third-order valence-corrected chi connectivity index (χ3v) is 5.47. The van der Waals surface area contributed by atoms with E-state index >= 15 is 0 Å². The van der Waals surface area contributed by atoms with Crippen molar-refractivity contribution in [3.05, 3.63) is 48.3 Å². The van der Waals surface area contributed by atoms with Crippen molar-refractivity contribution in [1.82, 2.24) is 19.2 Å². The van der Waals surface area contributed by atoms with Crippen LogP contribution >= 0.6 is 0 Å². The number of likely N-dealkylation sites (N-methyl/N-ethyl adjacent to an activating group) is 1. The first kappa shape index (κ1) is 18.8. The average Bonchev–Trinajstić information content (AvgIpc) is 3.07. The van der Waals surface area contributed by atoms with Crippen LogP contribution in [-0.4, -0.2) is 58.5 Å². The van der Waals surface area contributed by atoms with Gasteiger partial charge in [-0.1, -0.05) is 19.1 Å². The monoisotopic (exact) mass is 379 g/mol. The van der Waals surface area contributed by atoms with Gasteiger partial charge in [0.05, 0.1) is 18.0 Å². The number of nitrogens with zero attached hydrogens (tertiary/aromatic N) is 4. The van der Waals surface area contributed by atoms with Crippen LogP contribution in [0.15, 0.2) is 42.6 Å². The maximum absolute atomic E-state index is 6.09. The lowest BCUT2D eigenvalue weighted by Gasteiger charge is -2.34. The number of aromatic nitrogens is 2. The van der Waals surface area contributed by atoms with Gasteiger partial charge in [-0.05, 0) is 37.7 Å². The summed E-state index contributed by atoms with van der Waals surface area (Å²) >= 11 is 0. The molecule has 0 unspecified atom stereocenters. The van der Waals surface area contributed by atoms with E-state index in [2.05, 4.69) is 27.2 Å². The number of nitrogens with two attached hydrogens (primary N) is 1. The van der Waals surface area contributed by atoms with E-state index < -0.39 is 0 Å². The molecule has 2 N–H and O–H groups in total. The van der Waals surface area contributed by atoms with Crippen LogP contribution in [-0.2, 0) is 6.54 Å². The van der Waals surface area contributed by atoms with Gasteiger partial charge in [-0.3, -0.25) is 4.90 Å². The minimum Gasteiger partial charge on any atom is -0.493 e. The molecule has 3 aromatic rings. The van der Waals surface area contributed by atoms with Gasteiger partial charge in [-0.2, -0.15) is 0 Å². The number of hydrogen-bond acceptors (Lipinski definition) is 5. The van der Waals surface area contributed by atoms with Crippen LogP contribution in [0.25, 0.3) is 16.9 Å². The highest BCUT2D eigenvalue weighted by molar-refractivity contribution is 5.72. The number of ether oxygens (including phenoxy) is 1. The smallest absolute Gasteiger partial charge is 0.137 e. The molecule has 28 heavy (non-hydrogen) atoms. The van der Waals surface area contributed by atoms with Gasteiger partial charge in [0.1, 0.15) is 11.4 Å². The second-order valence-corrected chi connectivity index (χ2v) is 7.24. The number of piperazine rings is 1. The van der Waals surface area contributed by atoms with Crippen molar-refractivity contribution >= 4 is 11.3 Å².